The molecule has 0 bridgehead atoms. The molecule has 2 radical (unpaired) electrons. The van der Waals surface area contributed by atoms with E-state index in [9.17, 15) is 0 Å². The summed E-state index contributed by atoms with van der Waals surface area (Å²) in [5.74, 6) is 0. The molecule has 2 heteroatoms. The molecule has 0 rings (SSSR count). The van der Waals surface area contributed by atoms with Gasteiger partial charge < -0.3 is 0 Å². The second kappa shape index (κ2) is 2.26. The summed E-state index contributed by atoms with van der Waals surface area (Å²) in [6, 6.07) is 0. The Bertz CT molecular complexity index is 10.8. The molecular formula is C2H8SiSn. The Hall–Kier alpha value is 1.02. The molecule has 0 atom stereocenters. The molecule has 0 aromatic carbocycles. The van der Waals surface area contributed by atoms with Crippen molar-refractivity contribution in [2.75, 3.05) is 0 Å². The summed E-state index contributed by atoms with van der Waals surface area (Å²) in [4.78, 5) is 0. The molecule has 0 fully saturated rings. The molecule has 0 amide bonds. The van der Waals surface area contributed by atoms with Crippen LogP contribution in [0.2, 0.25) is 13.1 Å². The van der Waals surface area contributed by atoms with Crippen LogP contribution in [0.4, 0.5) is 0 Å². The summed E-state index contributed by atoms with van der Waals surface area (Å²) in [6.07, 6.45) is -0.00889. The maximum absolute atomic E-state index is 2.36. The first kappa shape index (κ1) is 5.02. The SMILES string of the molecule is C[SiH](C)[SnH]. The van der Waals surface area contributed by atoms with E-state index in [-0.39, 0.29) is 6.30 Å². The molecule has 0 aromatic heterocycles. The van der Waals surface area contributed by atoms with Crippen molar-refractivity contribution >= 4 is 28.0 Å². The summed E-state index contributed by atoms with van der Waals surface area (Å²) in [6.45, 7) is 4.73. The summed E-state index contributed by atoms with van der Waals surface area (Å²) >= 11 is 1.54. The number of hydrogen-bond donors (Lipinski definition) is 0. The van der Waals surface area contributed by atoms with Crippen LogP contribution >= 0.6 is 0 Å². The van der Waals surface area contributed by atoms with E-state index in [1.807, 2.05) is 0 Å². The van der Waals surface area contributed by atoms with Gasteiger partial charge in [-0.2, -0.15) is 0 Å². The molecule has 0 saturated heterocycles. The first-order chi connectivity index (χ1) is 1.73. The van der Waals surface area contributed by atoms with Gasteiger partial charge in [-0.1, -0.05) is 0 Å². The van der Waals surface area contributed by atoms with Gasteiger partial charge in [0.2, 0.25) is 0 Å². The normalized spacial score (nSPS) is 9.00. The minimum absolute atomic E-state index is 0.00889. The third-order valence-electron chi connectivity index (χ3n) is 0. The Labute approximate surface area is 41.4 Å². The van der Waals surface area contributed by atoms with Crippen molar-refractivity contribution in [1.82, 2.24) is 0 Å². The van der Waals surface area contributed by atoms with Crippen LogP contribution in [0.1, 0.15) is 0 Å². The monoisotopic (exact) mass is 180 g/mol. The quantitative estimate of drug-likeness (QED) is 0.454. The Kier molecular flexibility index (Phi) is 2.84. The van der Waals surface area contributed by atoms with E-state index in [0.717, 1.165) is 0 Å². The topological polar surface area (TPSA) is 0 Å². The second-order valence-corrected chi connectivity index (χ2v) is 15.1. The second-order valence-electron chi connectivity index (χ2n) is 1.24. The van der Waals surface area contributed by atoms with Crippen molar-refractivity contribution in [2.24, 2.45) is 0 Å². The van der Waals surface area contributed by atoms with Crippen LogP contribution in [0.5, 0.6) is 0 Å². The van der Waals surface area contributed by atoms with Crippen molar-refractivity contribution < 1.29 is 0 Å². The number of hydrogen-bond acceptors (Lipinski definition) is 0. The van der Waals surface area contributed by atoms with Crippen molar-refractivity contribution in [3.05, 3.63) is 0 Å². The van der Waals surface area contributed by atoms with E-state index < -0.39 is 0 Å². The predicted molar refractivity (Wildman–Crippen MR) is 26.0 cm³/mol. The number of rotatable bonds is 0. The van der Waals surface area contributed by atoms with Gasteiger partial charge in [-0.05, 0) is 0 Å². The zero-order valence-electron chi connectivity index (χ0n) is 3.15. The van der Waals surface area contributed by atoms with Crippen molar-refractivity contribution in [2.45, 2.75) is 13.1 Å². The molecule has 0 aromatic rings. The fourth-order valence-electron chi connectivity index (χ4n) is 0. The van der Waals surface area contributed by atoms with E-state index >= 15 is 0 Å². The summed E-state index contributed by atoms with van der Waals surface area (Å²) in [7, 11) is 0. The molecular weight excluding hydrogens is 171 g/mol. The van der Waals surface area contributed by atoms with Crippen LogP contribution < -0.4 is 0 Å². The third-order valence-corrected chi connectivity index (χ3v) is 0. The molecule has 0 heterocycles. The van der Waals surface area contributed by atoms with E-state index in [1.54, 1.807) is 21.7 Å². The first-order valence-electron chi connectivity index (χ1n) is 1.49. The first-order valence-corrected chi connectivity index (χ1v) is 10.2. The standard InChI is InChI=1S/C2H7Si.Sn.H/c1-3-2;;/h3H,1-2H3;;. The fraction of sp³-hybridized carbons (Fsp3) is 1.00. The van der Waals surface area contributed by atoms with Crippen molar-refractivity contribution in [3.8, 4) is 0 Å². The summed E-state index contributed by atoms with van der Waals surface area (Å²) in [5.41, 5.74) is 0. The van der Waals surface area contributed by atoms with Crippen LogP contribution in [-0.2, 0) is 0 Å². The van der Waals surface area contributed by atoms with Crippen LogP contribution in [0.3, 0.4) is 0 Å². The van der Waals surface area contributed by atoms with E-state index in [2.05, 4.69) is 13.1 Å². The van der Waals surface area contributed by atoms with Gasteiger partial charge in [-0.15, -0.1) is 0 Å². The van der Waals surface area contributed by atoms with Gasteiger partial charge >= 0.3 is 41.1 Å². The van der Waals surface area contributed by atoms with E-state index in [0.29, 0.717) is 0 Å². The molecule has 0 aliphatic heterocycles. The van der Waals surface area contributed by atoms with Crippen LogP contribution in [0.25, 0.3) is 0 Å². The van der Waals surface area contributed by atoms with Gasteiger partial charge in [-0.3, -0.25) is 0 Å². The van der Waals surface area contributed by atoms with Gasteiger partial charge in [0, 0.05) is 0 Å². The van der Waals surface area contributed by atoms with Crippen LogP contribution in [-0.4, -0.2) is 28.0 Å². The summed E-state index contributed by atoms with van der Waals surface area (Å²) in [5, 5.41) is 0. The molecule has 0 N–H and O–H groups in total. The van der Waals surface area contributed by atoms with Crippen LogP contribution in [0, 0.1) is 0 Å². The van der Waals surface area contributed by atoms with Gasteiger partial charge in [0.1, 0.15) is 0 Å². The Morgan fingerprint density at radius 2 is 1.50 bits per heavy atom. The molecule has 0 aliphatic carbocycles. The molecule has 0 spiro atoms. The summed E-state index contributed by atoms with van der Waals surface area (Å²) < 4.78 is 0. The minimum atomic E-state index is -0.00889. The maximum atomic E-state index is 2.36. The fourth-order valence-corrected chi connectivity index (χ4v) is 0. The van der Waals surface area contributed by atoms with E-state index in [1.165, 1.54) is 0 Å². The van der Waals surface area contributed by atoms with Gasteiger partial charge in [0.05, 0.1) is 0 Å². The molecule has 24 valence electrons. The molecule has 4 heavy (non-hydrogen) atoms. The Morgan fingerprint density at radius 3 is 1.50 bits per heavy atom. The van der Waals surface area contributed by atoms with Crippen molar-refractivity contribution in [1.29, 1.82) is 0 Å². The van der Waals surface area contributed by atoms with Gasteiger partial charge in [0.15, 0.2) is 0 Å². The Balaban J connectivity index is 2.32. The molecule has 0 saturated carbocycles. The van der Waals surface area contributed by atoms with E-state index in [4.69, 9.17) is 0 Å². The average Bonchev–Trinajstić information content (AvgIpc) is 0.811. The average molecular weight is 179 g/mol. The molecule has 0 aliphatic rings. The Morgan fingerprint density at radius 1 is 1.50 bits per heavy atom. The molecule has 0 unspecified atom stereocenters. The zero-order valence-corrected chi connectivity index (χ0v) is 7.61. The van der Waals surface area contributed by atoms with Gasteiger partial charge in [0.25, 0.3) is 0 Å². The zero-order chi connectivity index (χ0) is 3.58. The molecule has 0 nitrogen and oxygen atoms in total. The predicted octanol–water partition coefficient (Wildman–Crippen LogP) is -0.129. The van der Waals surface area contributed by atoms with Crippen molar-refractivity contribution in [3.63, 3.8) is 0 Å². The van der Waals surface area contributed by atoms with Crippen LogP contribution in [0.15, 0.2) is 0 Å². The van der Waals surface area contributed by atoms with Gasteiger partial charge in [-0.25, -0.2) is 0 Å². The third kappa shape index (κ3) is 11.9.